The van der Waals surface area contributed by atoms with Crippen molar-refractivity contribution < 1.29 is 10.2 Å². The molecule has 0 spiro atoms. The van der Waals surface area contributed by atoms with Gasteiger partial charge in [-0.1, -0.05) is 12.2 Å². The summed E-state index contributed by atoms with van der Waals surface area (Å²) in [6.07, 6.45) is 3.73. The fraction of sp³-hybridized carbons (Fsp3) is 0.429. The highest BCUT2D eigenvalue weighted by Gasteiger charge is 2.30. The summed E-state index contributed by atoms with van der Waals surface area (Å²) in [6, 6.07) is 0. The highest BCUT2D eigenvalue weighted by atomic mass is 16.3. The molecule has 0 radical (unpaired) electrons. The van der Waals surface area contributed by atoms with E-state index in [1.165, 1.54) is 6.08 Å². The van der Waals surface area contributed by atoms with Gasteiger partial charge in [0.25, 0.3) is 0 Å². The van der Waals surface area contributed by atoms with Crippen molar-refractivity contribution in [2.24, 2.45) is 5.73 Å². The normalized spacial score (nSPS) is 39.5. The van der Waals surface area contributed by atoms with Gasteiger partial charge < -0.3 is 15.9 Å². The third-order valence-electron chi connectivity index (χ3n) is 1.59. The Bertz CT molecular complexity index is 194. The monoisotopic (exact) mass is 141 g/mol. The summed E-state index contributed by atoms with van der Waals surface area (Å²) in [4.78, 5) is 0. The van der Waals surface area contributed by atoms with E-state index in [2.05, 4.69) is 0 Å². The van der Waals surface area contributed by atoms with Crippen molar-refractivity contribution in [1.29, 1.82) is 0 Å². The summed E-state index contributed by atoms with van der Waals surface area (Å²) in [7, 11) is 0. The molecule has 0 amide bonds. The van der Waals surface area contributed by atoms with Gasteiger partial charge in [-0.25, -0.2) is 0 Å². The van der Waals surface area contributed by atoms with E-state index in [-0.39, 0.29) is 5.76 Å². The quantitative estimate of drug-likeness (QED) is 0.447. The zero-order valence-corrected chi connectivity index (χ0v) is 5.78. The molecule has 0 aromatic heterocycles. The number of hydrogen-bond donors (Lipinski definition) is 3. The van der Waals surface area contributed by atoms with Crippen LogP contribution in [0.4, 0.5) is 0 Å². The summed E-state index contributed by atoms with van der Waals surface area (Å²) in [6.45, 7) is 1.65. The predicted octanol–water partition coefficient (Wildman–Crippen LogP) is 0.0764. The van der Waals surface area contributed by atoms with Gasteiger partial charge in [-0.15, -0.1) is 0 Å². The van der Waals surface area contributed by atoms with E-state index >= 15 is 0 Å². The second kappa shape index (κ2) is 2.11. The lowest BCUT2D eigenvalue weighted by Crippen LogP contribution is -2.48. The number of aliphatic hydroxyl groups is 2. The Morgan fingerprint density at radius 2 is 2.30 bits per heavy atom. The molecule has 0 aliphatic heterocycles. The Balaban J connectivity index is 2.89. The van der Waals surface area contributed by atoms with Crippen LogP contribution in [0.5, 0.6) is 0 Å². The SMILES string of the molecule is CC1(N)C=CC=C(O)C1O. The van der Waals surface area contributed by atoms with Crippen molar-refractivity contribution in [3.8, 4) is 0 Å². The molecule has 3 nitrogen and oxygen atoms in total. The van der Waals surface area contributed by atoms with Gasteiger partial charge in [0.15, 0.2) is 0 Å². The highest BCUT2D eigenvalue weighted by Crippen LogP contribution is 2.18. The number of hydrogen-bond acceptors (Lipinski definition) is 3. The summed E-state index contributed by atoms with van der Waals surface area (Å²) in [5, 5.41) is 18.2. The maximum atomic E-state index is 9.21. The van der Waals surface area contributed by atoms with E-state index in [1.54, 1.807) is 19.1 Å². The molecule has 1 aliphatic rings. The van der Waals surface area contributed by atoms with Crippen LogP contribution >= 0.6 is 0 Å². The Morgan fingerprint density at radius 1 is 1.70 bits per heavy atom. The molecule has 0 saturated heterocycles. The molecule has 1 aliphatic carbocycles. The molecule has 0 heterocycles. The number of aliphatic hydroxyl groups excluding tert-OH is 2. The maximum Gasteiger partial charge on any atom is 0.132 e. The summed E-state index contributed by atoms with van der Waals surface area (Å²) < 4.78 is 0. The van der Waals surface area contributed by atoms with Gasteiger partial charge in [-0.2, -0.15) is 0 Å². The predicted molar refractivity (Wildman–Crippen MR) is 38.5 cm³/mol. The minimum Gasteiger partial charge on any atom is -0.509 e. The highest BCUT2D eigenvalue weighted by molar-refractivity contribution is 5.26. The summed E-state index contributed by atoms with van der Waals surface area (Å²) in [5.41, 5.74) is 4.74. The van der Waals surface area contributed by atoms with Crippen LogP contribution in [0.25, 0.3) is 0 Å². The average Bonchev–Trinajstić information content (AvgIpc) is 1.83. The first kappa shape index (κ1) is 7.31. The Kier molecular flexibility index (Phi) is 1.54. The van der Waals surface area contributed by atoms with Crippen LogP contribution < -0.4 is 5.73 Å². The fourth-order valence-corrected chi connectivity index (χ4v) is 0.855. The van der Waals surface area contributed by atoms with Crippen LogP contribution in [0.15, 0.2) is 24.0 Å². The largest absolute Gasteiger partial charge is 0.509 e. The zero-order valence-electron chi connectivity index (χ0n) is 5.78. The van der Waals surface area contributed by atoms with Crippen molar-refractivity contribution in [2.45, 2.75) is 18.6 Å². The molecule has 0 fully saturated rings. The van der Waals surface area contributed by atoms with Crippen molar-refractivity contribution in [3.63, 3.8) is 0 Å². The maximum absolute atomic E-state index is 9.21. The van der Waals surface area contributed by atoms with Crippen LogP contribution in [0.1, 0.15) is 6.92 Å². The topological polar surface area (TPSA) is 66.5 Å². The molecule has 2 atom stereocenters. The van der Waals surface area contributed by atoms with Crippen LogP contribution in [0.3, 0.4) is 0 Å². The van der Waals surface area contributed by atoms with E-state index in [0.717, 1.165) is 0 Å². The molecule has 56 valence electrons. The van der Waals surface area contributed by atoms with Crippen molar-refractivity contribution in [1.82, 2.24) is 0 Å². The first-order chi connectivity index (χ1) is 4.54. The molecule has 0 aromatic carbocycles. The minimum atomic E-state index is -0.975. The zero-order chi connectivity index (χ0) is 7.78. The molecule has 0 saturated carbocycles. The molecule has 1 rings (SSSR count). The summed E-state index contributed by atoms with van der Waals surface area (Å²) >= 11 is 0. The van der Waals surface area contributed by atoms with Crippen molar-refractivity contribution in [3.05, 3.63) is 24.0 Å². The molecule has 2 unspecified atom stereocenters. The third-order valence-corrected chi connectivity index (χ3v) is 1.59. The van der Waals surface area contributed by atoms with Crippen LogP contribution in [0.2, 0.25) is 0 Å². The first-order valence-electron chi connectivity index (χ1n) is 3.09. The second-order valence-electron chi connectivity index (χ2n) is 2.72. The molecular formula is C7H11NO2. The lowest BCUT2D eigenvalue weighted by molar-refractivity contribution is 0.103. The van der Waals surface area contributed by atoms with Gasteiger partial charge in [0.1, 0.15) is 11.9 Å². The average molecular weight is 141 g/mol. The van der Waals surface area contributed by atoms with Gasteiger partial charge in [0.05, 0.1) is 5.54 Å². The number of allylic oxidation sites excluding steroid dienone is 2. The van der Waals surface area contributed by atoms with E-state index in [1.807, 2.05) is 0 Å². The van der Waals surface area contributed by atoms with E-state index in [4.69, 9.17) is 10.8 Å². The molecule has 10 heavy (non-hydrogen) atoms. The van der Waals surface area contributed by atoms with Gasteiger partial charge in [-0.3, -0.25) is 0 Å². The smallest absolute Gasteiger partial charge is 0.132 e. The lowest BCUT2D eigenvalue weighted by atomic mass is 9.91. The number of rotatable bonds is 0. The lowest BCUT2D eigenvalue weighted by Gasteiger charge is -2.28. The van der Waals surface area contributed by atoms with Gasteiger partial charge >= 0.3 is 0 Å². The summed E-state index contributed by atoms with van der Waals surface area (Å²) in [5.74, 6) is -0.0764. The Labute approximate surface area is 59.5 Å². The van der Waals surface area contributed by atoms with Gasteiger partial charge in [0, 0.05) is 0 Å². The standard InChI is InChI=1S/C7H11NO2/c1-7(8)4-2-3-5(9)6(7)10/h2-4,6,9-10H,8H2,1H3. The molecule has 0 aromatic rings. The third kappa shape index (κ3) is 1.05. The second-order valence-corrected chi connectivity index (χ2v) is 2.72. The van der Waals surface area contributed by atoms with E-state index < -0.39 is 11.6 Å². The fourth-order valence-electron chi connectivity index (χ4n) is 0.855. The van der Waals surface area contributed by atoms with Gasteiger partial charge in [-0.05, 0) is 13.0 Å². The van der Waals surface area contributed by atoms with Crippen LogP contribution in [-0.2, 0) is 0 Å². The van der Waals surface area contributed by atoms with E-state index in [0.29, 0.717) is 0 Å². The first-order valence-corrected chi connectivity index (χ1v) is 3.09. The van der Waals surface area contributed by atoms with E-state index in [9.17, 15) is 5.11 Å². The van der Waals surface area contributed by atoms with Gasteiger partial charge in [0.2, 0.25) is 0 Å². The van der Waals surface area contributed by atoms with Crippen molar-refractivity contribution in [2.75, 3.05) is 0 Å². The van der Waals surface area contributed by atoms with Crippen LogP contribution in [0, 0.1) is 0 Å². The number of nitrogens with two attached hydrogens (primary N) is 1. The molecular weight excluding hydrogens is 130 g/mol. The minimum absolute atomic E-state index is 0.0764. The van der Waals surface area contributed by atoms with Crippen LogP contribution in [-0.4, -0.2) is 21.9 Å². The molecule has 4 N–H and O–H groups in total. The molecule has 3 heteroatoms. The van der Waals surface area contributed by atoms with Crippen molar-refractivity contribution >= 4 is 0 Å². The Hall–Kier alpha value is -0.800. The molecule has 0 bridgehead atoms. The Morgan fingerprint density at radius 3 is 2.70 bits per heavy atom.